The number of furan rings is 1. The normalized spacial score (nSPS) is 12.2. The van der Waals surface area contributed by atoms with Crippen LogP contribution in [0.25, 0.3) is 22.6 Å². The Labute approximate surface area is 188 Å². The van der Waals surface area contributed by atoms with Crippen LogP contribution < -0.4 is 4.90 Å². The molecule has 1 atom stereocenters. The fourth-order valence-electron chi connectivity index (χ4n) is 4.30. The second-order valence-corrected chi connectivity index (χ2v) is 7.99. The lowest BCUT2D eigenvalue weighted by molar-refractivity contribution is -0.119. The van der Waals surface area contributed by atoms with E-state index in [-0.39, 0.29) is 18.5 Å². The van der Waals surface area contributed by atoms with Crippen molar-refractivity contribution in [3.05, 3.63) is 72.0 Å². The van der Waals surface area contributed by atoms with E-state index < -0.39 is 0 Å². The van der Waals surface area contributed by atoms with Gasteiger partial charge in [-0.2, -0.15) is 0 Å². The zero-order valence-electron chi connectivity index (χ0n) is 19.0. The van der Waals surface area contributed by atoms with Crippen LogP contribution in [0, 0.1) is 6.92 Å². The standard InChI is InChI=1S/C26H29N3O3/c1-5-20-11-8-10-18(2)25(20)29(19(3)17-31-4)24(30)16-28-22-13-7-6-12-21(22)27-26(28)23-14-9-15-32-23/h6-15,19H,5,16-17H2,1-4H3. The highest BCUT2D eigenvalue weighted by Gasteiger charge is 2.27. The van der Waals surface area contributed by atoms with Crippen molar-refractivity contribution in [3.8, 4) is 11.6 Å². The number of rotatable bonds is 8. The van der Waals surface area contributed by atoms with Crippen molar-refractivity contribution in [2.45, 2.75) is 39.8 Å². The van der Waals surface area contributed by atoms with E-state index in [1.165, 1.54) is 0 Å². The summed E-state index contributed by atoms with van der Waals surface area (Å²) in [4.78, 5) is 20.5. The Morgan fingerprint density at radius 1 is 1.16 bits per heavy atom. The van der Waals surface area contributed by atoms with Gasteiger partial charge in [0.2, 0.25) is 5.91 Å². The van der Waals surface area contributed by atoms with Crippen LogP contribution in [-0.4, -0.2) is 35.2 Å². The number of hydrogen-bond acceptors (Lipinski definition) is 4. The first-order valence-corrected chi connectivity index (χ1v) is 10.9. The van der Waals surface area contributed by atoms with Crippen molar-refractivity contribution >= 4 is 22.6 Å². The third kappa shape index (κ3) is 4.06. The predicted octanol–water partition coefficient (Wildman–Crippen LogP) is 5.24. The fraction of sp³-hybridized carbons (Fsp3) is 0.308. The van der Waals surface area contributed by atoms with Crippen molar-refractivity contribution in [2.75, 3.05) is 18.6 Å². The fourth-order valence-corrected chi connectivity index (χ4v) is 4.30. The summed E-state index contributed by atoms with van der Waals surface area (Å²) < 4.78 is 13.0. The summed E-state index contributed by atoms with van der Waals surface area (Å²) in [6.45, 7) is 6.77. The van der Waals surface area contributed by atoms with Gasteiger partial charge < -0.3 is 18.6 Å². The summed E-state index contributed by atoms with van der Waals surface area (Å²) in [5.41, 5.74) is 4.90. The van der Waals surface area contributed by atoms with Crippen LogP contribution in [-0.2, 0) is 22.5 Å². The molecule has 2 heterocycles. The van der Waals surface area contributed by atoms with Gasteiger partial charge >= 0.3 is 0 Å². The van der Waals surface area contributed by atoms with Gasteiger partial charge in [-0.1, -0.05) is 37.3 Å². The summed E-state index contributed by atoms with van der Waals surface area (Å²) >= 11 is 0. The molecular weight excluding hydrogens is 402 g/mol. The van der Waals surface area contributed by atoms with E-state index in [0.29, 0.717) is 18.2 Å². The van der Waals surface area contributed by atoms with Gasteiger partial charge in [0.15, 0.2) is 11.6 Å². The second-order valence-electron chi connectivity index (χ2n) is 7.99. The minimum absolute atomic E-state index is 0.0190. The average molecular weight is 432 g/mol. The third-order valence-electron chi connectivity index (χ3n) is 5.75. The van der Waals surface area contributed by atoms with E-state index in [1.54, 1.807) is 13.4 Å². The quantitative estimate of drug-likeness (QED) is 0.383. The molecule has 0 fully saturated rings. The maximum atomic E-state index is 13.9. The van der Waals surface area contributed by atoms with Crippen LogP contribution in [0.1, 0.15) is 25.0 Å². The van der Waals surface area contributed by atoms with Crippen molar-refractivity contribution in [1.29, 1.82) is 0 Å². The van der Waals surface area contributed by atoms with Crippen molar-refractivity contribution in [2.24, 2.45) is 0 Å². The van der Waals surface area contributed by atoms with E-state index >= 15 is 0 Å². The summed E-state index contributed by atoms with van der Waals surface area (Å²) in [5, 5.41) is 0. The van der Waals surface area contributed by atoms with Gasteiger partial charge in [-0.25, -0.2) is 4.98 Å². The molecule has 32 heavy (non-hydrogen) atoms. The smallest absolute Gasteiger partial charge is 0.247 e. The monoisotopic (exact) mass is 431 g/mol. The van der Waals surface area contributed by atoms with Crippen LogP contribution in [0.2, 0.25) is 0 Å². The number of ether oxygens (including phenoxy) is 1. The SMILES string of the molecule is CCc1cccc(C)c1N(C(=O)Cn1c(-c2ccco2)nc2ccccc21)C(C)COC. The highest BCUT2D eigenvalue weighted by Crippen LogP contribution is 2.30. The molecule has 0 aliphatic heterocycles. The van der Waals surface area contributed by atoms with Gasteiger partial charge in [-0.15, -0.1) is 0 Å². The molecule has 0 saturated carbocycles. The highest BCUT2D eigenvalue weighted by atomic mass is 16.5. The van der Waals surface area contributed by atoms with Crippen LogP contribution in [0.15, 0.2) is 65.3 Å². The Morgan fingerprint density at radius 2 is 1.97 bits per heavy atom. The van der Waals surface area contributed by atoms with E-state index in [2.05, 4.69) is 26.0 Å². The Morgan fingerprint density at radius 3 is 2.69 bits per heavy atom. The number of imidazole rings is 1. The van der Waals surface area contributed by atoms with Gasteiger partial charge in [0.05, 0.1) is 35.6 Å². The van der Waals surface area contributed by atoms with Crippen LogP contribution in [0.3, 0.4) is 0 Å². The highest BCUT2D eigenvalue weighted by molar-refractivity contribution is 5.96. The number of benzene rings is 2. The molecule has 0 aliphatic rings. The first-order chi connectivity index (χ1) is 15.5. The summed E-state index contributed by atoms with van der Waals surface area (Å²) in [6.07, 6.45) is 2.46. The molecule has 0 bridgehead atoms. The molecule has 4 aromatic rings. The van der Waals surface area contributed by atoms with Gasteiger partial charge in [-0.3, -0.25) is 4.79 Å². The third-order valence-corrected chi connectivity index (χ3v) is 5.75. The Hall–Kier alpha value is -3.38. The van der Waals surface area contributed by atoms with Crippen LogP contribution >= 0.6 is 0 Å². The Kier molecular flexibility index (Phi) is 6.42. The molecule has 2 aromatic heterocycles. The van der Waals surface area contributed by atoms with Crippen molar-refractivity contribution < 1.29 is 13.9 Å². The molecule has 166 valence electrons. The minimum atomic E-state index is -0.124. The number of carbonyl (C=O) groups is 1. The van der Waals surface area contributed by atoms with Gasteiger partial charge in [0.25, 0.3) is 0 Å². The van der Waals surface area contributed by atoms with Gasteiger partial charge in [0.1, 0.15) is 6.54 Å². The summed E-state index contributed by atoms with van der Waals surface area (Å²) in [6, 6.07) is 17.6. The molecule has 0 radical (unpaired) electrons. The molecular formula is C26H29N3O3. The average Bonchev–Trinajstić information content (AvgIpc) is 3.44. The largest absolute Gasteiger partial charge is 0.461 e. The van der Waals surface area contributed by atoms with Crippen molar-refractivity contribution in [3.63, 3.8) is 0 Å². The van der Waals surface area contributed by atoms with Gasteiger partial charge in [-0.05, 0) is 55.7 Å². The maximum absolute atomic E-state index is 13.9. The lowest BCUT2D eigenvalue weighted by atomic mass is 10.0. The number of aromatic nitrogens is 2. The topological polar surface area (TPSA) is 60.5 Å². The number of anilines is 1. The second kappa shape index (κ2) is 9.40. The molecule has 1 amide bonds. The summed E-state index contributed by atoms with van der Waals surface area (Å²) in [7, 11) is 1.66. The van der Waals surface area contributed by atoms with Crippen LogP contribution in [0.4, 0.5) is 5.69 Å². The van der Waals surface area contributed by atoms with Gasteiger partial charge in [0, 0.05) is 7.11 Å². The first-order valence-electron chi connectivity index (χ1n) is 10.9. The van der Waals surface area contributed by atoms with Crippen LogP contribution in [0.5, 0.6) is 0 Å². The summed E-state index contributed by atoms with van der Waals surface area (Å²) in [5.74, 6) is 1.26. The number of nitrogens with zero attached hydrogens (tertiary/aromatic N) is 3. The number of aryl methyl sites for hydroxylation is 2. The number of methoxy groups -OCH3 is 1. The molecule has 4 rings (SSSR count). The molecule has 6 heteroatoms. The molecule has 6 nitrogen and oxygen atoms in total. The van der Waals surface area contributed by atoms with Crippen molar-refractivity contribution in [1.82, 2.24) is 9.55 Å². The lowest BCUT2D eigenvalue weighted by Gasteiger charge is -2.32. The number of para-hydroxylation sites is 3. The maximum Gasteiger partial charge on any atom is 0.247 e. The van der Waals surface area contributed by atoms with E-state index in [0.717, 1.165) is 34.3 Å². The molecule has 0 aliphatic carbocycles. The van der Waals surface area contributed by atoms with E-state index in [4.69, 9.17) is 14.1 Å². The molecule has 1 unspecified atom stereocenters. The molecule has 0 spiro atoms. The molecule has 0 N–H and O–H groups in total. The number of carbonyl (C=O) groups excluding carboxylic acids is 1. The number of hydrogen-bond donors (Lipinski definition) is 0. The van der Waals surface area contributed by atoms with E-state index in [1.807, 2.05) is 58.9 Å². The molecule has 2 aromatic carbocycles. The minimum Gasteiger partial charge on any atom is -0.461 e. The molecule has 0 saturated heterocycles. The number of fused-ring (bicyclic) bond motifs is 1. The Balaban J connectivity index is 1.80. The Bertz CT molecular complexity index is 1210. The van der Waals surface area contributed by atoms with E-state index in [9.17, 15) is 4.79 Å². The lowest BCUT2D eigenvalue weighted by Crippen LogP contribution is -2.44. The first kappa shape index (κ1) is 21.8. The zero-order valence-corrected chi connectivity index (χ0v) is 19.0. The number of amides is 1. The predicted molar refractivity (Wildman–Crippen MR) is 127 cm³/mol. The zero-order chi connectivity index (χ0) is 22.7.